The Kier molecular flexibility index (Phi) is 5.01. The van der Waals surface area contributed by atoms with Crippen LogP contribution in [0.2, 0.25) is 0 Å². The Morgan fingerprint density at radius 2 is 1.88 bits per heavy atom. The molecular formula is C25H23N3O4. The third-order valence-electron chi connectivity index (χ3n) is 5.82. The summed E-state index contributed by atoms with van der Waals surface area (Å²) in [5.74, 6) is 1.53. The molecule has 0 aliphatic carbocycles. The number of hydrogen-bond acceptors (Lipinski definition) is 6. The van der Waals surface area contributed by atoms with Gasteiger partial charge < -0.3 is 19.3 Å². The Morgan fingerprint density at radius 1 is 1.09 bits per heavy atom. The molecule has 2 aromatic carbocycles. The summed E-state index contributed by atoms with van der Waals surface area (Å²) in [5.41, 5.74) is 4.70. The summed E-state index contributed by atoms with van der Waals surface area (Å²) in [4.78, 5) is 17.7. The van der Waals surface area contributed by atoms with Crippen molar-refractivity contribution in [2.24, 2.45) is 0 Å². The summed E-state index contributed by atoms with van der Waals surface area (Å²) in [6.07, 6.45) is 1.07. The molecule has 0 saturated carbocycles. The lowest BCUT2D eigenvalue weighted by Crippen LogP contribution is -2.13. The highest BCUT2D eigenvalue weighted by atomic mass is 16.7. The third-order valence-corrected chi connectivity index (χ3v) is 5.82. The van der Waals surface area contributed by atoms with Gasteiger partial charge in [0.05, 0.1) is 10.9 Å². The summed E-state index contributed by atoms with van der Waals surface area (Å²) < 4.78 is 16.4. The largest absolute Gasteiger partial charge is 0.454 e. The molecule has 1 aliphatic heterocycles. The van der Waals surface area contributed by atoms with Gasteiger partial charge in [0.25, 0.3) is 11.6 Å². The van der Waals surface area contributed by atoms with Gasteiger partial charge in [0, 0.05) is 16.9 Å². The van der Waals surface area contributed by atoms with Crippen molar-refractivity contribution in [2.45, 2.75) is 33.1 Å². The van der Waals surface area contributed by atoms with E-state index in [1.54, 1.807) is 6.07 Å². The van der Waals surface area contributed by atoms with Gasteiger partial charge in [0.2, 0.25) is 6.79 Å². The number of rotatable bonds is 5. The smallest absolute Gasteiger partial charge is 0.259 e. The molecule has 7 heteroatoms. The minimum atomic E-state index is -0.248. The summed E-state index contributed by atoms with van der Waals surface area (Å²) >= 11 is 0. The average molecular weight is 429 g/mol. The van der Waals surface area contributed by atoms with Crippen LogP contribution in [0.1, 0.15) is 47.8 Å². The Hall–Kier alpha value is -3.87. The van der Waals surface area contributed by atoms with Gasteiger partial charge in [-0.2, -0.15) is 0 Å². The maximum Gasteiger partial charge on any atom is 0.259 e. The van der Waals surface area contributed by atoms with E-state index in [9.17, 15) is 4.79 Å². The molecular weight excluding hydrogens is 406 g/mol. The Balaban J connectivity index is 1.52. The third kappa shape index (κ3) is 3.56. The van der Waals surface area contributed by atoms with E-state index in [-0.39, 0.29) is 12.7 Å². The quantitative estimate of drug-likeness (QED) is 0.438. The first-order valence-corrected chi connectivity index (χ1v) is 10.6. The Morgan fingerprint density at radius 3 is 2.66 bits per heavy atom. The van der Waals surface area contributed by atoms with Crippen LogP contribution in [0.4, 0.5) is 5.69 Å². The van der Waals surface area contributed by atoms with Crippen LogP contribution in [0.15, 0.2) is 53.1 Å². The lowest BCUT2D eigenvalue weighted by molar-refractivity contribution is 0.102. The van der Waals surface area contributed by atoms with E-state index in [0.29, 0.717) is 45.5 Å². The fraction of sp³-hybridized carbons (Fsp3) is 0.240. The first-order valence-electron chi connectivity index (χ1n) is 10.6. The zero-order chi connectivity index (χ0) is 22.2. The molecule has 2 aromatic heterocycles. The van der Waals surface area contributed by atoms with E-state index in [0.717, 1.165) is 17.7 Å². The van der Waals surface area contributed by atoms with Crippen LogP contribution >= 0.6 is 0 Å². The summed E-state index contributed by atoms with van der Waals surface area (Å²) in [6.45, 7) is 6.35. The van der Waals surface area contributed by atoms with E-state index in [1.165, 1.54) is 5.56 Å². The summed E-state index contributed by atoms with van der Waals surface area (Å²) in [7, 11) is 0. The maximum absolute atomic E-state index is 13.3. The molecule has 0 bridgehead atoms. The van der Waals surface area contributed by atoms with Crippen LogP contribution in [0.25, 0.3) is 22.4 Å². The number of benzene rings is 2. The minimum Gasteiger partial charge on any atom is -0.454 e. The number of nitrogens with zero attached hydrogens (tertiary/aromatic N) is 2. The first-order chi connectivity index (χ1) is 15.5. The van der Waals surface area contributed by atoms with Crippen molar-refractivity contribution in [2.75, 3.05) is 12.1 Å². The van der Waals surface area contributed by atoms with Gasteiger partial charge in [-0.05, 0) is 61.2 Å². The van der Waals surface area contributed by atoms with E-state index >= 15 is 0 Å². The van der Waals surface area contributed by atoms with E-state index in [4.69, 9.17) is 14.0 Å². The summed E-state index contributed by atoms with van der Waals surface area (Å²) in [5, 5.41) is 7.76. The van der Waals surface area contributed by atoms with Crippen LogP contribution in [0, 0.1) is 6.92 Å². The molecule has 1 atom stereocenters. The number of amides is 1. The molecule has 1 aliphatic rings. The van der Waals surface area contributed by atoms with Crippen molar-refractivity contribution in [1.82, 2.24) is 10.1 Å². The van der Waals surface area contributed by atoms with Crippen LogP contribution in [0.3, 0.4) is 0 Å². The van der Waals surface area contributed by atoms with Crippen molar-refractivity contribution in [1.29, 1.82) is 0 Å². The van der Waals surface area contributed by atoms with Gasteiger partial charge in [-0.1, -0.05) is 31.1 Å². The van der Waals surface area contributed by atoms with Gasteiger partial charge in [-0.15, -0.1) is 0 Å². The van der Waals surface area contributed by atoms with Crippen molar-refractivity contribution < 1.29 is 18.8 Å². The molecule has 0 spiro atoms. The van der Waals surface area contributed by atoms with Crippen molar-refractivity contribution >= 4 is 22.7 Å². The number of carbonyl (C=O) groups excluding carboxylic acids is 1. The predicted molar refractivity (Wildman–Crippen MR) is 121 cm³/mol. The monoisotopic (exact) mass is 429 g/mol. The highest BCUT2D eigenvalue weighted by Gasteiger charge is 2.23. The average Bonchev–Trinajstić information content (AvgIpc) is 3.44. The SMILES string of the molecule is CC[C@@H](C)c1ccc(NC(=O)c2cc(C)nc3onc(-c4ccc5c(c4)OCO5)c23)cc1. The number of pyridine rings is 1. The molecule has 0 saturated heterocycles. The molecule has 32 heavy (non-hydrogen) atoms. The zero-order valence-corrected chi connectivity index (χ0v) is 18.1. The molecule has 5 rings (SSSR count). The van der Waals surface area contributed by atoms with E-state index in [2.05, 4.69) is 41.4 Å². The van der Waals surface area contributed by atoms with Gasteiger partial charge in [0.1, 0.15) is 5.69 Å². The van der Waals surface area contributed by atoms with E-state index in [1.807, 2.05) is 37.3 Å². The minimum absolute atomic E-state index is 0.183. The van der Waals surface area contributed by atoms with Crippen LogP contribution in [0.5, 0.6) is 11.5 Å². The van der Waals surface area contributed by atoms with Gasteiger partial charge in [-0.25, -0.2) is 4.98 Å². The topological polar surface area (TPSA) is 86.5 Å². The Labute approximate surface area is 185 Å². The van der Waals surface area contributed by atoms with Crippen LogP contribution in [-0.4, -0.2) is 22.8 Å². The number of hydrogen-bond donors (Lipinski definition) is 1. The molecule has 3 heterocycles. The first kappa shape index (κ1) is 20.1. The number of aryl methyl sites for hydroxylation is 1. The number of nitrogens with one attached hydrogen (secondary N) is 1. The van der Waals surface area contributed by atoms with E-state index < -0.39 is 0 Å². The van der Waals surface area contributed by atoms with Gasteiger partial charge >= 0.3 is 0 Å². The summed E-state index contributed by atoms with van der Waals surface area (Å²) in [6, 6.07) is 15.2. The lowest BCUT2D eigenvalue weighted by Gasteiger charge is -2.11. The Bertz CT molecular complexity index is 1310. The fourth-order valence-corrected chi connectivity index (χ4v) is 3.82. The van der Waals surface area contributed by atoms with Crippen molar-refractivity contribution in [3.05, 3.63) is 65.4 Å². The highest BCUT2D eigenvalue weighted by molar-refractivity contribution is 6.14. The fourth-order valence-electron chi connectivity index (χ4n) is 3.82. The predicted octanol–water partition coefficient (Wildman–Crippen LogP) is 5.69. The number of ether oxygens (including phenoxy) is 2. The van der Waals surface area contributed by atoms with Crippen LogP contribution < -0.4 is 14.8 Å². The molecule has 0 radical (unpaired) electrons. The lowest BCUT2D eigenvalue weighted by atomic mass is 9.98. The van der Waals surface area contributed by atoms with Crippen LogP contribution in [-0.2, 0) is 0 Å². The number of carbonyl (C=O) groups is 1. The second kappa shape index (κ2) is 8.00. The number of fused-ring (bicyclic) bond motifs is 2. The zero-order valence-electron chi connectivity index (χ0n) is 18.1. The van der Waals surface area contributed by atoms with Crippen molar-refractivity contribution in [3.63, 3.8) is 0 Å². The van der Waals surface area contributed by atoms with Gasteiger partial charge in [-0.3, -0.25) is 4.79 Å². The maximum atomic E-state index is 13.3. The molecule has 162 valence electrons. The van der Waals surface area contributed by atoms with Gasteiger partial charge in [0.15, 0.2) is 11.5 Å². The molecule has 1 amide bonds. The molecule has 0 fully saturated rings. The molecule has 1 N–H and O–H groups in total. The van der Waals surface area contributed by atoms with Crippen molar-refractivity contribution in [3.8, 4) is 22.8 Å². The second-order valence-corrected chi connectivity index (χ2v) is 7.98. The number of anilines is 1. The highest BCUT2D eigenvalue weighted by Crippen LogP contribution is 2.38. The molecule has 4 aromatic rings. The standard InChI is InChI=1S/C25H23N3O4/c1-4-14(2)16-5-8-18(9-6-16)27-24(29)19-11-15(3)26-25-22(19)23(28-32-25)17-7-10-20-21(12-17)31-13-30-20/h5-12,14H,4,13H2,1-3H3,(H,27,29)/t14-/m1/s1. The normalized spacial score (nSPS) is 13.3. The molecule has 7 nitrogen and oxygen atoms in total. The number of aromatic nitrogens is 2. The second-order valence-electron chi connectivity index (χ2n) is 7.98. The molecule has 0 unspecified atom stereocenters.